The molecule has 0 N–H and O–H groups in total. The largest absolute Gasteiger partial charge is 0.213 e. The molecule has 85 heavy (non-hydrogen) atoms. The summed E-state index contributed by atoms with van der Waals surface area (Å²) in [5.41, 5.74) is 22.4. The molecule has 14 aromatic carbocycles. The molecule has 0 amide bonds. The van der Waals surface area contributed by atoms with Crippen LogP contribution in [0.2, 0.25) is 0 Å². The Hall–Kier alpha value is -11.3. The Labute approximate surface area is 495 Å². The third-order valence-corrected chi connectivity index (χ3v) is 16.4. The fraction of sp³-hybridized carbons (Fsp3) is 0.0122. The van der Waals surface area contributed by atoms with E-state index in [-0.39, 0.29) is 0 Å². The molecule has 3 nitrogen and oxygen atoms in total. The molecule has 0 atom stereocenters. The SMILES string of the molecule is Cc1nc(-c2cccc(-c3cc(-c4c#cccc4)cc(-c4ccccc4)c3)c2)nc(-c2ccc3c4cc(-c5cccc(-c6cc(-c7cccc(-c8ccccc8)c7)cc(-c7cccc(-c8ccccc8)c7)c6)c5)ccc4c4ccccc4c3c2)n1. The van der Waals surface area contributed by atoms with E-state index in [1.165, 1.54) is 71.4 Å². The van der Waals surface area contributed by atoms with Crippen LogP contribution in [0.3, 0.4) is 0 Å². The maximum absolute atomic E-state index is 5.22. The number of hydrogen-bond acceptors (Lipinski definition) is 3. The summed E-state index contributed by atoms with van der Waals surface area (Å²) in [4.78, 5) is 15.2. The van der Waals surface area contributed by atoms with Gasteiger partial charge in [-0.15, -0.1) is 0 Å². The quantitative estimate of drug-likeness (QED) is 0.121. The van der Waals surface area contributed by atoms with Crippen LogP contribution in [0.4, 0.5) is 0 Å². The Morgan fingerprint density at radius 1 is 0.212 bits per heavy atom. The van der Waals surface area contributed by atoms with Gasteiger partial charge in [0.25, 0.3) is 0 Å². The fourth-order valence-corrected chi connectivity index (χ4v) is 12.1. The van der Waals surface area contributed by atoms with Gasteiger partial charge in [0.15, 0.2) is 11.6 Å². The Morgan fingerprint density at radius 3 is 1.00 bits per heavy atom. The number of hydrogen-bond donors (Lipinski definition) is 0. The van der Waals surface area contributed by atoms with Gasteiger partial charge in [-0.2, -0.15) is 0 Å². The Kier molecular flexibility index (Phi) is 13.0. The van der Waals surface area contributed by atoms with E-state index in [9.17, 15) is 0 Å². The highest BCUT2D eigenvalue weighted by molar-refractivity contribution is 6.26. The van der Waals surface area contributed by atoms with Gasteiger partial charge in [-0.3, -0.25) is 0 Å². The molecule has 396 valence electrons. The van der Waals surface area contributed by atoms with Crippen LogP contribution in [-0.4, -0.2) is 15.0 Å². The van der Waals surface area contributed by atoms with Crippen LogP contribution < -0.4 is 0 Å². The third-order valence-electron chi connectivity index (χ3n) is 16.4. The highest BCUT2D eigenvalue weighted by Gasteiger charge is 2.17. The van der Waals surface area contributed by atoms with Crippen LogP contribution in [-0.2, 0) is 0 Å². The van der Waals surface area contributed by atoms with Crippen LogP contribution in [0.15, 0.2) is 303 Å². The summed E-state index contributed by atoms with van der Waals surface area (Å²) in [6.07, 6.45) is 0. The average molecular weight is 1080 g/mol. The van der Waals surface area contributed by atoms with E-state index in [1.807, 2.05) is 19.1 Å². The minimum absolute atomic E-state index is 0.627. The van der Waals surface area contributed by atoms with E-state index in [4.69, 9.17) is 15.0 Å². The van der Waals surface area contributed by atoms with Crippen molar-refractivity contribution in [3.05, 3.63) is 321 Å². The summed E-state index contributed by atoms with van der Waals surface area (Å²) in [6, 6.07) is 116. The van der Waals surface area contributed by atoms with Crippen molar-refractivity contribution in [2.24, 2.45) is 0 Å². The van der Waals surface area contributed by atoms with Crippen molar-refractivity contribution in [1.82, 2.24) is 15.0 Å². The van der Waals surface area contributed by atoms with Gasteiger partial charge in [-0.1, -0.05) is 231 Å². The molecule has 0 radical (unpaired) electrons. The van der Waals surface area contributed by atoms with Gasteiger partial charge in [0.1, 0.15) is 5.82 Å². The van der Waals surface area contributed by atoms with Crippen molar-refractivity contribution < 1.29 is 0 Å². The Bertz CT molecular complexity index is 4840. The number of aryl methyl sites for hydroxylation is 1. The first kappa shape index (κ1) is 50.6. The number of aromatic nitrogens is 3. The summed E-state index contributed by atoms with van der Waals surface area (Å²) in [5, 5.41) is 7.10. The smallest absolute Gasteiger partial charge is 0.163 e. The number of fused-ring (bicyclic) bond motifs is 6. The van der Waals surface area contributed by atoms with E-state index in [0.29, 0.717) is 17.5 Å². The summed E-state index contributed by atoms with van der Waals surface area (Å²) in [5.74, 6) is 1.92. The molecule has 0 fully saturated rings. The third kappa shape index (κ3) is 10.1. The molecule has 0 saturated heterocycles. The summed E-state index contributed by atoms with van der Waals surface area (Å²) >= 11 is 0. The molecule has 0 bridgehead atoms. The number of benzene rings is 13. The van der Waals surface area contributed by atoms with Crippen LogP contribution in [0.1, 0.15) is 5.82 Å². The van der Waals surface area contributed by atoms with E-state index in [1.54, 1.807) is 0 Å². The number of nitrogens with zero attached hydrogens (tertiary/aromatic N) is 3. The second-order valence-corrected chi connectivity index (χ2v) is 21.8. The van der Waals surface area contributed by atoms with Crippen LogP contribution in [0.5, 0.6) is 0 Å². The van der Waals surface area contributed by atoms with E-state index in [2.05, 4.69) is 303 Å². The minimum atomic E-state index is 0.627. The van der Waals surface area contributed by atoms with E-state index in [0.717, 1.165) is 72.1 Å². The molecule has 0 aliphatic heterocycles. The first-order valence-electron chi connectivity index (χ1n) is 28.9. The zero-order chi connectivity index (χ0) is 56.6. The van der Waals surface area contributed by atoms with Crippen molar-refractivity contribution in [1.29, 1.82) is 0 Å². The molecular weight excluding hydrogens is 1030 g/mol. The zero-order valence-electron chi connectivity index (χ0n) is 46.7. The maximum Gasteiger partial charge on any atom is 0.163 e. The summed E-state index contributed by atoms with van der Waals surface area (Å²) < 4.78 is 0. The zero-order valence-corrected chi connectivity index (χ0v) is 46.7. The maximum atomic E-state index is 5.22. The predicted octanol–water partition coefficient (Wildman–Crippen LogP) is 21.6. The molecular formula is C82H53N3. The molecule has 0 unspecified atom stereocenters. The fourth-order valence-electron chi connectivity index (χ4n) is 12.1. The lowest BCUT2D eigenvalue weighted by Crippen LogP contribution is -2.00. The minimum Gasteiger partial charge on any atom is -0.213 e. The molecule has 15 rings (SSSR count). The topological polar surface area (TPSA) is 38.7 Å². The van der Waals surface area contributed by atoms with Gasteiger partial charge in [-0.05, 0) is 219 Å². The van der Waals surface area contributed by atoms with E-state index < -0.39 is 0 Å². The van der Waals surface area contributed by atoms with Gasteiger partial charge in [0.05, 0.1) is 0 Å². The molecule has 0 saturated carbocycles. The van der Waals surface area contributed by atoms with Crippen LogP contribution in [0, 0.1) is 19.1 Å². The molecule has 1 heterocycles. The highest BCUT2D eigenvalue weighted by Crippen LogP contribution is 2.42. The molecule has 1 aromatic heterocycles. The van der Waals surface area contributed by atoms with Gasteiger partial charge >= 0.3 is 0 Å². The second kappa shape index (κ2) is 21.9. The van der Waals surface area contributed by atoms with Crippen molar-refractivity contribution in [2.45, 2.75) is 6.92 Å². The van der Waals surface area contributed by atoms with Crippen molar-refractivity contribution in [3.63, 3.8) is 0 Å². The molecule has 0 aliphatic carbocycles. The first-order valence-corrected chi connectivity index (χ1v) is 28.9. The molecule has 3 heteroatoms. The number of rotatable bonds is 11. The monoisotopic (exact) mass is 1080 g/mol. The normalized spacial score (nSPS) is 11.3. The predicted molar refractivity (Wildman–Crippen MR) is 355 cm³/mol. The average Bonchev–Trinajstić information content (AvgIpc) is 1.35. The summed E-state index contributed by atoms with van der Waals surface area (Å²) in [7, 11) is 0. The Balaban J connectivity index is 0.802. The standard InChI is InChI=1S/C82H53N3/c1-54-83-81(67-35-19-34-65(45-67)71-47-69(57-24-10-4-11-25-57)46-70(48-71)58-26-12-5-13-27-58)85-82(84-54)68-39-41-78-79-52-66(38-40-77(79)75-36-14-15-37-76(75)80(78)53-68)61-30-18-33-64(44-61)74-50-72(62-31-16-28-59(42-62)55-20-6-2-7-21-55)49-73(51-74)63-32-17-29-60(43-63)56-22-8-3-9-23-56/h2-12,14-26,28-53H,1H3. The summed E-state index contributed by atoms with van der Waals surface area (Å²) in [6.45, 7) is 1.95. The second-order valence-electron chi connectivity index (χ2n) is 21.8. The lowest BCUT2D eigenvalue weighted by molar-refractivity contribution is 0.992. The van der Waals surface area contributed by atoms with Crippen LogP contribution >= 0.6 is 0 Å². The van der Waals surface area contributed by atoms with Gasteiger partial charge in [0.2, 0.25) is 0 Å². The first-order chi connectivity index (χ1) is 42.0. The van der Waals surface area contributed by atoms with Gasteiger partial charge in [-0.25, -0.2) is 15.0 Å². The molecule has 0 spiro atoms. The van der Waals surface area contributed by atoms with Gasteiger partial charge < -0.3 is 0 Å². The van der Waals surface area contributed by atoms with Crippen molar-refractivity contribution in [3.8, 4) is 123 Å². The lowest BCUT2D eigenvalue weighted by Gasteiger charge is -2.15. The van der Waals surface area contributed by atoms with Crippen LogP contribution in [0.25, 0.3) is 155 Å². The highest BCUT2D eigenvalue weighted by atomic mass is 15.0. The van der Waals surface area contributed by atoms with Gasteiger partial charge in [0, 0.05) is 16.7 Å². The van der Waals surface area contributed by atoms with Crippen molar-refractivity contribution in [2.75, 3.05) is 0 Å². The Morgan fingerprint density at radius 2 is 0.518 bits per heavy atom. The van der Waals surface area contributed by atoms with Crippen molar-refractivity contribution >= 4 is 32.3 Å². The molecule has 15 aromatic rings. The van der Waals surface area contributed by atoms with E-state index >= 15 is 0 Å². The molecule has 0 aliphatic rings. The lowest BCUT2D eigenvalue weighted by atomic mass is 9.89.